The van der Waals surface area contributed by atoms with Crippen LogP contribution in [0.2, 0.25) is 0 Å². The Kier molecular flexibility index (Phi) is 4.97. The van der Waals surface area contributed by atoms with Crippen LogP contribution in [0, 0.1) is 6.92 Å². The highest BCUT2D eigenvalue weighted by Crippen LogP contribution is 2.23. The molecule has 4 aromatic rings. The van der Waals surface area contributed by atoms with E-state index in [1.54, 1.807) is 6.20 Å². The molecule has 0 unspecified atom stereocenters. The molecule has 0 N–H and O–H groups in total. The van der Waals surface area contributed by atoms with E-state index in [9.17, 15) is 4.79 Å². The van der Waals surface area contributed by atoms with Crippen LogP contribution in [0.4, 0.5) is 0 Å². The first-order valence-electron chi connectivity index (χ1n) is 9.01. The van der Waals surface area contributed by atoms with Crippen LogP contribution in [0.15, 0.2) is 79.0 Å². The fourth-order valence-electron chi connectivity index (χ4n) is 2.90. The first-order valence-corrected chi connectivity index (χ1v) is 9.01. The van der Waals surface area contributed by atoms with Gasteiger partial charge >= 0.3 is 0 Å². The SMILES string of the molecule is Cc1ccc(C(=O)Cc2nc(-c3ccccn3)nnc2-c2ccccc2)cc1. The number of pyridine rings is 1. The molecule has 5 nitrogen and oxygen atoms in total. The Morgan fingerprint density at radius 2 is 1.61 bits per heavy atom. The van der Waals surface area contributed by atoms with Gasteiger partial charge in [-0.2, -0.15) is 0 Å². The number of hydrogen-bond acceptors (Lipinski definition) is 5. The highest BCUT2D eigenvalue weighted by atomic mass is 16.1. The zero-order valence-corrected chi connectivity index (χ0v) is 15.4. The Morgan fingerprint density at radius 1 is 0.857 bits per heavy atom. The Hall–Kier alpha value is -3.73. The number of hydrogen-bond donors (Lipinski definition) is 0. The molecule has 0 aliphatic carbocycles. The number of ketones is 1. The predicted molar refractivity (Wildman–Crippen MR) is 108 cm³/mol. The van der Waals surface area contributed by atoms with Crippen molar-refractivity contribution in [2.45, 2.75) is 13.3 Å². The van der Waals surface area contributed by atoms with Crippen molar-refractivity contribution in [2.75, 3.05) is 0 Å². The van der Waals surface area contributed by atoms with Gasteiger partial charge in [-0.15, -0.1) is 10.2 Å². The van der Waals surface area contributed by atoms with Gasteiger partial charge in [-0.1, -0.05) is 66.2 Å². The van der Waals surface area contributed by atoms with Crippen molar-refractivity contribution in [1.29, 1.82) is 0 Å². The van der Waals surface area contributed by atoms with E-state index in [0.29, 0.717) is 28.5 Å². The summed E-state index contributed by atoms with van der Waals surface area (Å²) in [6, 6.07) is 22.7. The van der Waals surface area contributed by atoms with Gasteiger partial charge in [0.2, 0.25) is 5.82 Å². The van der Waals surface area contributed by atoms with Gasteiger partial charge in [0, 0.05) is 17.3 Å². The third kappa shape index (κ3) is 3.83. The summed E-state index contributed by atoms with van der Waals surface area (Å²) in [5.74, 6) is 0.400. The number of nitrogens with zero attached hydrogens (tertiary/aromatic N) is 4. The van der Waals surface area contributed by atoms with E-state index in [2.05, 4.69) is 20.2 Å². The van der Waals surface area contributed by atoms with Gasteiger partial charge in [0.1, 0.15) is 11.4 Å². The molecule has 2 aromatic carbocycles. The molecule has 28 heavy (non-hydrogen) atoms. The number of benzene rings is 2. The minimum atomic E-state index is -0.00958. The Balaban J connectivity index is 1.75. The van der Waals surface area contributed by atoms with Crippen molar-refractivity contribution >= 4 is 5.78 Å². The quantitative estimate of drug-likeness (QED) is 0.492. The lowest BCUT2D eigenvalue weighted by Crippen LogP contribution is -2.10. The fourth-order valence-corrected chi connectivity index (χ4v) is 2.90. The molecule has 0 spiro atoms. The van der Waals surface area contributed by atoms with E-state index in [4.69, 9.17) is 0 Å². The van der Waals surface area contributed by atoms with Crippen LogP contribution in [0.3, 0.4) is 0 Å². The van der Waals surface area contributed by atoms with Crippen LogP contribution in [0.5, 0.6) is 0 Å². The maximum atomic E-state index is 12.9. The summed E-state index contributed by atoms with van der Waals surface area (Å²) >= 11 is 0. The van der Waals surface area contributed by atoms with Crippen molar-refractivity contribution in [3.8, 4) is 22.8 Å². The average molecular weight is 366 g/mol. The molecule has 2 aromatic heterocycles. The summed E-state index contributed by atoms with van der Waals surface area (Å²) in [6.45, 7) is 2.00. The van der Waals surface area contributed by atoms with E-state index >= 15 is 0 Å². The van der Waals surface area contributed by atoms with E-state index in [1.807, 2.05) is 79.7 Å². The summed E-state index contributed by atoms with van der Waals surface area (Å²) < 4.78 is 0. The lowest BCUT2D eigenvalue weighted by atomic mass is 10.0. The second-order valence-electron chi connectivity index (χ2n) is 6.48. The predicted octanol–water partition coefficient (Wildman–Crippen LogP) is 4.33. The first-order chi connectivity index (χ1) is 13.7. The molecule has 4 rings (SSSR count). The minimum absolute atomic E-state index is 0.00958. The van der Waals surface area contributed by atoms with E-state index in [1.165, 1.54) is 0 Å². The molecule has 0 atom stereocenters. The van der Waals surface area contributed by atoms with Crippen LogP contribution >= 0.6 is 0 Å². The van der Waals surface area contributed by atoms with Crippen LogP contribution in [0.25, 0.3) is 22.8 Å². The zero-order valence-electron chi connectivity index (χ0n) is 15.4. The topological polar surface area (TPSA) is 68.6 Å². The molecule has 0 aliphatic rings. The molecule has 0 saturated carbocycles. The van der Waals surface area contributed by atoms with Gasteiger partial charge in [0.25, 0.3) is 0 Å². The second kappa shape index (κ2) is 7.88. The molecule has 0 aliphatic heterocycles. The average Bonchev–Trinajstić information content (AvgIpc) is 2.75. The summed E-state index contributed by atoms with van der Waals surface area (Å²) in [5.41, 5.74) is 4.47. The van der Waals surface area contributed by atoms with Gasteiger partial charge in [0.05, 0.1) is 12.1 Å². The van der Waals surface area contributed by atoms with Crippen LogP contribution in [-0.4, -0.2) is 25.9 Å². The maximum Gasteiger partial charge on any atom is 0.200 e. The zero-order chi connectivity index (χ0) is 19.3. The lowest BCUT2D eigenvalue weighted by molar-refractivity contribution is 0.0992. The molecule has 5 heteroatoms. The smallest absolute Gasteiger partial charge is 0.200 e. The fraction of sp³-hybridized carbons (Fsp3) is 0.0870. The molecule has 0 amide bonds. The van der Waals surface area contributed by atoms with Crippen LogP contribution < -0.4 is 0 Å². The third-order valence-corrected chi connectivity index (χ3v) is 4.40. The number of aromatic nitrogens is 4. The monoisotopic (exact) mass is 366 g/mol. The largest absolute Gasteiger partial charge is 0.294 e. The van der Waals surface area contributed by atoms with Gasteiger partial charge < -0.3 is 0 Å². The molecule has 2 heterocycles. The van der Waals surface area contributed by atoms with Gasteiger partial charge in [-0.25, -0.2) is 4.98 Å². The number of aryl methyl sites for hydroxylation is 1. The maximum absolute atomic E-state index is 12.9. The summed E-state index contributed by atoms with van der Waals surface area (Å²) in [6.07, 6.45) is 1.82. The van der Waals surface area contributed by atoms with Crippen molar-refractivity contribution in [1.82, 2.24) is 20.2 Å². The van der Waals surface area contributed by atoms with Crippen molar-refractivity contribution in [3.63, 3.8) is 0 Å². The summed E-state index contributed by atoms with van der Waals surface area (Å²) in [7, 11) is 0. The van der Waals surface area contributed by atoms with E-state index < -0.39 is 0 Å². The van der Waals surface area contributed by atoms with Crippen molar-refractivity contribution in [2.24, 2.45) is 0 Å². The van der Waals surface area contributed by atoms with Crippen molar-refractivity contribution in [3.05, 3.63) is 95.8 Å². The Morgan fingerprint density at radius 3 is 2.32 bits per heavy atom. The third-order valence-electron chi connectivity index (χ3n) is 4.40. The molecular formula is C23H18N4O. The number of Topliss-reactive ketones (excluding diaryl/α,β-unsaturated/α-hetero) is 1. The second-order valence-corrected chi connectivity index (χ2v) is 6.48. The van der Waals surface area contributed by atoms with Gasteiger partial charge in [0.15, 0.2) is 5.78 Å². The summed E-state index contributed by atoms with van der Waals surface area (Å²) in [5, 5.41) is 8.62. The molecular weight excluding hydrogens is 348 g/mol. The van der Waals surface area contributed by atoms with E-state index in [-0.39, 0.29) is 12.2 Å². The van der Waals surface area contributed by atoms with Gasteiger partial charge in [-0.05, 0) is 19.1 Å². The van der Waals surface area contributed by atoms with E-state index in [0.717, 1.165) is 11.1 Å². The Labute approximate surface area is 163 Å². The minimum Gasteiger partial charge on any atom is -0.294 e. The Bertz CT molecular complexity index is 1090. The molecule has 0 fully saturated rings. The standard InChI is InChI=1S/C23H18N4O/c1-16-10-12-17(13-11-16)21(28)15-20-22(18-7-3-2-4-8-18)26-27-23(25-20)19-9-5-6-14-24-19/h2-14H,15H2,1H3. The molecule has 0 saturated heterocycles. The van der Waals surface area contributed by atoms with Crippen LogP contribution in [-0.2, 0) is 6.42 Å². The van der Waals surface area contributed by atoms with Crippen LogP contribution in [0.1, 0.15) is 21.6 Å². The van der Waals surface area contributed by atoms with Gasteiger partial charge in [-0.3, -0.25) is 9.78 Å². The number of rotatable bonds is 5. The van der Waals surface area contributed by atoms with Crippen molar-refractivity contribution < 1.29 is 4.79 Å². The number of carbonyl (C=O) groups is 1. The molecule has 136 valence electrons. The lowest BCUT2D eigenvalue weighted by Gasteiger charge is -2.09. The highest BCUT2D eigenvalue weighted by Gasteiger charge is 2.17. The molecule has 0 bridgehead atoms. The highest BCUT2D eigenvalue weighted by molar-refractivity contribution is 5.98. The first kappa shape index (κ1) is 17.7. The molecule has 0 radical (unpaired) electrons. The normalized spacial score (nSPS) is 10.6. The summed E-state index contributed by atoms with van der Waals surface area (Å²) in [4.78, 5) is 21.8. The number of carbonyl (C=O) groups excluding carboxylic acids is 1.